The Hall–Kier alpha value is -0.550. The molecule has 0 saturated carbocycles. The number of carboxylic acid groups (broad SMARTS) is 1. The van der Waals surface area contributed by atoms with Crippen molar-refractivity contribution in [1.82, 2.24) is 4.90 Å². The molecule has 0 saturated heterocycles. The topological polar surface area (TPSA) is 40.5 Å². The zero-order valence-electron chi connectivity index (χ0n) is 6.27. The first-order valence-corrected chi connectivity index (χ1v) is 4.10. The minimum absolute atomic E-state index is 0.641. The predicted molar refractivity (Wildman–Crippen MR) is 50.7 cm³/mol. The SMILES string of the molecule is CN(C)C(=S)S/C=C\C(=O)O. The molecule has 0 aromatic heterocycles. The van der Waals surface area contributed by atoms with Gasteiger partial charge in [0.25, 0.3) is 0 Å². The Bertz CT molecular complexity index is 189. The minimum Gasteiger partial charge on any atom is -0.478 e. The van der Waals surface area contributed by atoms with E-state index in [0.29, 0.717) is 4.32 Å². The van der Waals surface area contributed by atoms with Gasteiger partial charge in [-0.05, 0) is 5.41 Å². The summed E-state index contributed by atoms with van der Waals surface area (Å²) in [5.41, 5.74) is 0. The molecule has 0 aliphatic heterocycles. The Balaban J connectivity index is 3.71. The molecule has 0 unspecified atom stereocenters. The van der Waals surface area contributed by atoms with E-state index in [0.717, 1.165) is 6.08 Å². The average molecular weight is 191 g/mol. The van der Waals surface area contributed by atoms with Gasteiger partial charge in [0.1, 0.15) is 4.32 Å². The second kappa shape index (κ2) is 5.15. The van der Waals surface area contributed by atoms with Crippen molar-refractivity contribution in [2.24, 2.45) is 0 Å². The zero-order valence-corrected chi connectivity index (χ0v) is 7.91. The van der Waals surface area contributed by atoms with Crippen molar-refractivity contribution in [2.45, 2.75) is 0 Å². The van der Waals surface area contributed by atoms with Crippen LogP contribution in [0.4, 0.5) is 0 Å². The Morgan fingerprint density at radius 3 is 2.55 bits per heavy atom. The highest BCUT2D eigenvalue weighted by atomic mass is 32.2. The molecule has 0 spiro atoms. The van der Waals surface area contributed by atoms with E-state index in [9.17, 15) is 4.79 Å². The van der Waals surface area contributed by atoms with E-state index < -0.39 is 5.97 Å². The molecule has 0 aliphatic carbocycles. The lowest BCUT2D eigenvalue weighted by atomic mass is 10.7. The average Bonchev–Trinajstić information content (AvgIpc) is 1.86. The quantitative estimate of drug-likeness (QED) is 0.524. The maximum atomic E-state index is 9.99. The van der Waals surface area contributed by atoms with Crippen LogP contribution in [-0.2, 0) is 4.79 Å². The Kier molecular flexibility index (Phi) is 4.89. The lowest BCUT2D eigenvalue weighted by Crippen LogP contribution is -2.15. The van der Waals surface area contributed by atoms with Crippen molar-refractivity contribution in [3.05, 3.63) is 11.5 Å². The van der Waals surface area contributed by atoms with Crippen LogP contribution >= 0.6 is 24.0 Å². The predicted octanol–water partition coefficient (Wildman–Crippen LogP) is 1.16. The zero-order chi connectivity index (χ0) is 8.85. The van der Waals surface area contributed by atoms with Gasteiger partial charge in [0.2, 0.25) is 0 Å². The number of hydrogen-bond acceptors (Lipinski definition) is 3. The minimum atomic E-state index is -0.959. The molecule has 0 rings (SSSR count). The van der Waals surface area contributed by atoms with Crippen molar-refractivity contribution in [3.63, 3.8) is 0 Å². The van der Waals surface area contributed by atoms with Gasteiger partial charge in [-0.15, -0.1) is 0 Å². The monoisotopic (exact) mass is 191 g/mol. The number of carbonyl (C=O) groups is 1. The van der Waals surface area contributed by atoms with E-state index >= 15 is 0 Å². The van der Waals surface area contributed by atoms with E-state index in [2.05, 4.69) is 0 Å². The largest absolute Gasteiger partial charge is 0.478 e. The fourth-order valence-electron chi connectivity index (χ4n) is 0.256. The molecule has 0 heterocycles. The molecule has 0 aromatic rings. The van der Waals surface area contributed by atoms with Crippen LogP contribution in [0, 0.1) is 0 Å². The van der Waals surface area contributed by atoms with Crippen LogP contribution in [0.1, 0.15) is 0 Å². The fraction of sp³-hybridized carbons (Fsp3) is 0.333. The number of thioether (sulfide) groups is 1. The molecule has 0 aliphatic rings. The summed E-state index contributed by atoms with van der Waals surface area (Å²) in [5, 5.41) is 9.66. The van der Waals surface area contributed by atoms with Crippen LogP contribution < -0.4 is 0 Å². The fourth-order valence-corrected chi connectivity index (χ4v) is 0.934. The molecule has 11 heavy (non-hydrogen) atoms. The number of nitrogens with zero attached hydrogens (tertiary/aromatic N) is 1. The summed E-state index contributed by atoms with van der Waals surface area (Å²) < 4.78 is 0.641. The summed E-state index contributed by atoms with van der Waals surface area (Å²) >= 11 is 6.08. The summed E-state index contributed by atoms with van der Waals surface area (Å²) in [6, 6.07) is 0. The number of carboxylic acids is 1. The molecule has 62 valence electrons. The summed E-state index contributed by atoms with van der Waals surface area (Å²) in [6.45, 7) is 0. The van der Waals surface area contributed by atoms with Gasteiger partial charge in [-0.2, -0.15) is 0 Å². The normalized spacial score (nSPS) is 10.0. The maximum Gasteiger partial charge on any atom is 0.328 e. The van der Waals surface area contributed by atoms with Gasteiger partial charge in [-0.3, -0.25) is 0 Å². The molecular weight excluding hydrogens is 182 g/mol. The lowest BCUT2D eigenvalue weighted by molar-refractivity contribution is -0.131. The summed E-state index contributed by atoms with van der Waals surface area (Å²) in [4.78, 5) is 11.7. The van der Waals surface area contributed by atoms with Crippen LogP contribution in [-0.4, -0.2) is 34.4 Å². The van der Waals surface area contributed by atoms with E-state index in [-0.39, 0.29) is 0 Å². The van der Waals surface area contributed by atoms with Gasteiger partial charge in [0.15, 0.2) is 0 Å². The molecule has 3 nitrogen and oxygen atoms in total. The van der Waals surface area contributed by atoms with Crippen LogP contribution in [0.15, 0.2) is 11.5 Å². The molecule has 0 amide bonds. The first-order chi connectivity index (χ1) is 5.04. The third kappa shape index (κ3) is 5.87. The summed E-state index contributed by atoms with van der Waals surface area (Å²) in [5.74, 6) is -0.959. The van der Waals surface area contributed by atoms with Crippen molar-refractivity contribution in [1.29, 1.82) is 0 Å². The number of rotatable bonds is 2. The van der Waals surface area contributed by atoms with Crippen molar-refractivity contribution in [3.8, 4) is 0 Å². The van der Waals surface area contributed by atoms with Crippen LogP contribution in [0.5, 0.6) is 0 Å². The third-order valence-electron chi connectivity index (χ3n) is 0.745. The van der Waals surface area contributed by atoms with E-state index in [4.69, 9.17) is 17.3 Å². The van der Waals surface area contributed by atoms with Gasteiger partial charge in [-0.1, -0.05) is 24.0 Å². The number of thiocarbonyl (C=S) groups is 1. The Labute approximate surface area is 75.1 Å². The molecule has 0 fully saturated rings. The summed E-state index contributed by atoms with van der Waals surface area (Å²) in [6.07, 6.45) is 1.06. The Morgan fingerprint density at radius 2 is 2.18 bits per heavy atom. The Morgan fingerprint density at radius 1 is 1.64 bits per heavy atom. The highest BCUT2D eigenvalue weighted by Gasteiger charge is 1.95. The second-order valence-corrected chi connectivity index (χ2v) is 3.46. The molecular formula is C6H9NO2S2. The van der Waals surface area contributed by atoms with E-state index in [1.807, 2.05) is 14.1 Å². The van der Waals surface area contributed by atoms with Gasteiger partial charge >= 0.3 is 5.97 Å². The molecule has 0 bridgehead atoms. The standard InChI is InChI=1S/C6H9NO2S2/c1-7(2)6(10)11-4-3-5(8)9/h3-4H,1-2H3,(H,8,9)/b4-3-. The molecule has 0 radical (unpaired) electrons. The number of hydrogen-bond donors (Lipinski definition) is 1. The van der Waals surface area contributed by atoms with Gasteiger partial charge in [-0.25, -0.2) is 4.79 Å². The smallest absolute Gasteiger partial charge is 0.328 e. The second-order valence-electron chi connectivity index (χ2n) is 1.92. The van der Waals surface area contributed by atoms with Crippen molar-refractivity contribution < 1.29 is 9.90 Å². The maximum absolute atomic E-state index is 9.99. The molecule has 0 atom stereocenters. The molecule has 1 N–H and O–H groups in total. The first kappa shape index (κ1) is 10.4. The van der Waals surface area contributed by atoms with Crippen molar-refractivity contribution >= 4 is 34.3 Å². The van der Waals surface area contributed by atoms with Crippen LogP contribution in [0.2, 0.25) is 0 Å². The molecule has 0 aromatic carbocycles. The summed E-state index contributed by atoms with van der Waals surface area (Å²) in [7, 11) is 3.62. The molecule has 5 heteroatoms. The number of aliphatic carboxylic acids is 1. The van der Waals surface area contributed by atoms with Gasteiger partial charge < -0.3 is 10.0 Å². The van der Waals surface area contributed by atoms with Gasteiger partial charge in [0, 0.05) is 20.2 Å². The van der Waals surface area contributed by atoms with E-state index in [1.54, 1.807) is 4.90 Å². The highest BCUT2D eigenvalue weighted by molar-refractivity contribution is 8.24. The van der Waals surface area contributed by atoms with Gasteiger partial charge in [0.05, 0.1) is 0 Å². The van der Waals surface area contributed by atoms with Crippen LogP contribution in [0.3, 0.4) is 0 Å². The van der Waals surface area contributed by atoms with Crippen LogP contribution in [0.25, 0.3) is 0 Å². The van der Waals surface area contributed by atoms with E-state index in [1.165, 1.54) is 17.2 Å². The van der Waals surface area contributed by atoms with Crippen molar-refractivity contribution in [2.75, 3.05) is 14.1 Å². The first-order valence-electron chi connectivity index (χ1n) is 2.81. The highest BCUT2D eigenvalue weighted by Crippen LogP contribution is 2.07. The third-order valence-corrected chi connectivity index (χ3v) is 2.24. The lowest BCUT2D eigenvalue weighted by Gasteiger charge is -2.09.